The lowest BCUT2D eigenvalue weighted by atomic mass is 9.87. The van der Waals surface area contributed by atoms with Crippen LogP contribution >= 0.6 is 15.9 Å². The Morgan fingerprint density at radius 3 is 2.60 bits per heavy atom. The molecule has 0 aromatic heterocycles. The first-order valence-corrected chi connectivity index (χ1v) is 7.69. The fourth-order valence-corrected chi connectivity index (χ4v) is 3.14. The van der Waals surface area contributed by atoms with E-state index in [1.165, 1.54) is 25.3 Å². The van der Waals surface area contributed by atoms with Crippen molar-refractivity contribution in [1.82, 2.24) is 0 Å². The van der Waals surface area contributed by atoms with E-state index in [4.69, 9.17) is 5.11 Å². The van der Waals surface area contributed by atoms with Crippen LogP contribution in [0.15, 0.2) is 22.7 Å². The molecule has 1 aliphatic rings. The maximum absolute atomic E-state index is 12.1. The summed E-state index contributed by atoms with van der Waals surface area (Å²) >= 11 is 3.29. The van der Waals surface area contributed by atoms with Crippen LogP contribution in [0, 0.1) is 5.92 Å². The summed E-state index contributed by atoms with van der Waals surface area (Å²) in [5.74, 6) is -0.718. The van der Waals surface area contributed by atoms with Crippen molar-refractivity contribution in [3.05, 3.63) is 28.2 Å². The zero-order valence-corrected chi connectivity index (χ0v) is 12.8. The molecule has 20 heavy (non-hydrogen) atoms. The molecular formula is C15H18BrNO3. The maximum Gasteiger partial charge on any atom is 0.337 e. The second kappa shape index (κ2) is 6.88. The van der Waals surface area contributed by atoms with Crippen molar-refractivity contribution < 1.29 is 14.7 Å². The van der Waals surface area contributed by atoms with Crippen molar-refractivity contribution in [2.24, 2.45) is 5.92 Å². The highest BCUT2D eigenvalue weighted by molar-refractivity contribution is 9.10. The predicted octanol–water partition coefficient (Wildman–Crippen LogP) is 4.06. The number of carbonyl (C=O) groups excluding carboxylic acids is 1. The van der Waals surface area contributed by atoms with Crippen molar-refractivity contribution in [1.29, 1.82) is 0 Å². The van der Waals surface area contributed by atoms with Gasteiger partial charge in [-0.25, -0.2) is 4.79 Å². The van der Waals surface area contributed by atoms with Gasteiger partial charge in [-0.15, -0.1) is 0 Å². The molecular weight excluding hydrogens is 322 g/mol. The van der Waals surface area contributed by atoms with E-state index >= 15 is 0 Å². The van der Waals surface area contributed by atoms with Crippen LogP contribution in [0.1, 0.15) is 48.9 Å². The number of benzene rings is 1. The van der Waals surface area contributed by atoms with Crippen molar-refractivity contribution in [3.8, 4) is 0 Å². The van der Waals surface area contributed by atoms with Gasteiger partial charge in [-0.05, 0) is 46.8 Å². The molecule has 0 radical (unpaired) electrons. The first-order valence-electron chi connectivity index (χ1n) is 6.89. The van der Waals surface area contributed by atoms with Gasteiger partial charge in [0.2, 0.25) is 5.91 Å². The number of nitrogens with one attached hydrogen (secondary N) is 1. The molecule has 4 nitrogen and oxygen atoms in total. The second-order valence-electron chi connectivity index (χ2n) is 5.22. The summed E-state index contributed by atoms with van der Waals surface area (Å²) < 4.78 is 0.592. The standard InChI is InChI=1S/C15H18BrNO3/c16-12-8-4-7-11(15(19)20)14(12)17-13(18)9-10-5-2-1-3-6-10/h4,7-8,10H,1-3,5-6,9H2,(H,17,18)(H,19,20). The molecule has 0 aliphatic heterocycles. The molecule has 1 aromatic carbocycles. The van der Waals surface area contributed by atoms with Gasteiger partial charge in [0.05, 0.1) is 11.3 Å². The number of amides is 1. The van der Waals surface area contributed by atoms with E-state index in [9.17, 15) is 9.59 Å². The molecule has 1 saturated carbocycles. The fraction of sp³-hybridized carbons (Fsp3) is 0.467. The van der Waals surface area contributed by atoms with Gasteiger partial charge in [-0.3, -0.25) is 4.79 Å². The number of halogens is 1. The monoisotopic (exact) mass is 339 g/mol. The van der Waals surface area contributed by atoms with E-state index in [1.54, 1.807) is 12.1 Å². The molecule has 0 heterocycles. The summed E-state index contributed by atoms with van der Waals surface area (Å²) in [6.45, 7) is 0. The first kappa shape index (κ1) is 15.0. The van der Waals surface area contributed by atoms with Crippen LogP contribution in [-0.4, -0.2) is 17.0 Å². The molecule has 2 N–H and O–H groups in total. The largest absolute Gasteiger partial charge is 0.478 e. The molecule has 1 aliphatic carbocycles. The number of carboxylic acids is 1. The minimum Gasteiger partial charge on any atom is -0.478 e. The van der Waals surface area contributed by atoms with Gasteiger partial charge in [0.25, 0.3) is 0 Å². The zero-order chi connectivity index (χ0) is 14.5. The van der Waals surface area contributed by atoms with E-state index in [1.807, 2.05) is 0 Å². The van der Waals surface area contributed by atoms with Gasteiger partial charge in [-0.1, -0.05) is 25.3 Å². The van der Waals surface area contributed by atoms with Crippen molar-refractivity contribution in [3.63, 3.8) is 0 Å². The van der Waals surface area contributed by atoms with Crippen LogP contribution in [0.5, 0.6) is 0 Å². The number of hydrogen-bond acceptors (Lipinski definition) is 2. The number of anilines is 1. The van der Waals surface area contributed by atoms with Crippen molar-refractivity contribution in [2.75, 3.05) is 5.32 Å². The lowest BCUT2D eigenvalue weighted by molar-refractivity contribution is -0.117. The topological polar surface area (TPSA) is 66.4 Å². The molecule has 1 amide bonds. The lowest BCUT2D eigenvalue weighted by Gasteiger charge is -2.21. The van der Waals surface area contributed by atoms with Crippen molar-refractivity contribution in [2.45, 2.75) is 38.5 Å². The Morgan fingerprint density at radius 2 is 1.95 bits per heavy atom. The van der Waals surface area contributed by atoms with Gasteiger partial charge < -0.3 is 10.4 Å². The Labute approximate surface area is 126 Å². The fourth-order valence-electron chi connectivity index (χ4n) is 2.67. The highest BCUT2D eigenvalue weighted by Gasteiger charge is 2.19. The highest BCUT2D eigenvalue weighted by atomic mass is 79.9. The van der Waals surface area contributed by atoms with Gasteiger partial charge in [0, 0.05) is 10.9 Å². The van der Waals surface area contributed by atoms with Crippen LogP contribution in [0.3, 0.4) is 0 Å². The quantitative estimate of drug-likeness (QED) is 0.869. The number of carboxylic acid groups (broad SMARTS) is 1. The smallest absolute Gasteiger partial charge is 0.337 e. The lowest BCUT2D eigenvalue weighted by Crippen LogP contribution is -2.20. The van der Waals surface area contributed by atoms with E-state index in [2.05, 4.69) is 21.2 Å². The van der Waals surface area contributed by atoms with E-state index in [0.29, 0.717) is 22.5 Å². The highest BCUT2D eigenvalue weighted by Crippen LogP contribution is 2.29. The summed E-state index contributed by atoms with van der Waals surface area (Å²) in [6.07, 6.45) is 6.29. The second-order valence-corrected chi connectivity index (χ2v) is 6.08. The Morgan fingerprint density at radius 1 is 1.25 bits per heavy atom. The van der Waals surface area contributed by atoms with Gasteiger partial charge in [0.15, 0.2) is 0 Å². The molecule has 1 fully saturated rings. The average molecular weight is 340 g/mol. The summed E-state index contributed by atoms with van der Waals surface area (Å²) in [7, 11) is 0. The molecule has 2 rings (SSSR count). The zero-order valence-electron chi connectivity index (χ0n) is 11.2. The Bertz CT molecular complexity index is 510. The summed E-state index contributed by atoms with van der Waals surface area (Å²) in [4.78, 5) is 23.3. The maximum atomic E-state index is 12.1. The first-order chi connectivity index (χ1) is 9.58. The summed E-state index contributed by atoms with van der Waals surface area (Å²) in [6, 6.07) is 4.86. The van der Waals surface area contributed by atoms with Crippen LogP contribution < -0.4 is 5.32 Å². The Hall–Kier alpha value is -1.36. The van der Waals surface area contributed by atoms with Crippen LogP contribution in [0.25, 0.3) is 0 Å². The number of aromatic carboxylic acids is 1. The molecule has 0 bridgehead atoms. The van der Waals surface area contributed by atoms with Gasteiger partial charge in [0.1, 0.15) is 0 Å². The van der Waals surface area contributed by atoms with Crippen LogP contribution in [0.2, 0.25) is 0 Å². The number of para-hydroxylation sites is 1. The van der Waals surface area contributed by atoms with Crippen LogP contribution in [0.4, 0.5) is 5.69 Å². The molecule has 0 atom stereocenters. The Balaban J connectivity index is 2.05. The van der Waals surface area contributed by atoms with Crippen LogP contribution in [-0.2, 0) is 4.79 Å². The molecule has 0 spiro atoms. The molecule has 0 unspecified atom stereocenters. The van der Waals surface area contributed by atoms with E-state index < -0.39 is 5.97 Å². The van der Waals surface area contributed by atoms with E-state index in [-0.39, 0.29) is 11.5 Å². The predicted molar refractivity (Wildman–Crippen MR) is 80.9 cm³/mol. The average Bonchev–Trinajstić information content (AvgIpc) is 2.42. The summed E-state index contributed by atoms with van der Waals surface area (Å²) in [5.41, 5.74) is 0.456. The minimum atomic E-state index is -1.04. The SMILES string of the molecule is O=C(CC1CCCCC1)Nc1c(Br)cccc1C(=O)O. The van der Waals surface area contributed by atoms with E-state index in [0.717, 1.165) is 12.8 Å². The number of hydrogen-bond donors (Lipinski definition) is 2. The Kier molecular flexibility index (Phi) is 5.17. The summed E-state index contributed by atoms with van der Waals surface area (Å²) in [5, 5.41) is 11.9. The molecule has 1 aromatic rings. The van der Waals surface area contributed by atoms with Gasteiger partial charge in [-0.2, -0.15) is 0 Å². The minimum absolute atomic E-state index is 0.105. The molecule has 5 heteroatoms. The third kappa shape index (κ3) is 3.82. The third-order valence-corrected chi connectivity index (χ3v) is 4.37. The van der Waals surface area contributed by atoms with Crippen molar-refractivity contribution >= 4 is 33.5 Å². The number of carbonyl (C=O) groups is 2. The third-order valence-electron chi connectivity index (χ3n) is 3.71. The number of rotatable bonds is 4. The normalized spacial score (nSPS) is 15.8. The van der Waals surface area contributed by atoms with Gasteiger partial charge >= 0.3 is 5.97 Å². The molecule has 0 saturated heterocycles. The molecule has 108 valence electrons.